The van der Waals surface area contributed by atoms with Crippen LogP contribution in [-0.2, 0) is 16.8 Å². The molecule has 2 unspecified atom stereocenters. The molecule has 2 atom stereocenters. The zero-order chi connectivity index (χ0) is 14.6. The second kappa shape index (κ2) is 6.93. The second-order valence-corrected chi connectivity index (χ2v) is 20.7. The summed E-state index contributed by atoms with van der Waals surface area (Å²) in [6.45, 7) is 19.7. The SMILES string of the molecule is CCO[Si](C)(O[SiH](C)O[Si](C)(C)C)O[Si](C)(C)C. The van der Waals surface area contributed by atoms with Gasteiger partial charge in [-0.1, -0.05) is 0 Å². The van der Waals surface area contributed by atoms with Crippen molar-refractivity contribution in [3.05, 3.63) is 0 Å². The average Bonchev–Trinajstić information content (AvgIpc) is 1.93. The molecule has 0 aromatic carbocycles. The van der Waals surface area contributed by atoms with Crippen LogP contribution >= 0.6 is 0 Å². The van der Waals surface area contributed by atoms with Crippen LogP contribution in [0.5, 0.6) is 0 Å². The Bertz CT molecular complexity index is 251. The minimum Gasteiger partial charge on any atom is -0.439 e. The Labute approximate surface area is 117 Å². The van der Waals surface area contributed by atoms with Crippen molar-refractivity contribution in [1.82, 2.24) is 0 Å². The molecule has 0 saturated heterocycles. The summed E-state index contributed by atoms with van der Waals surface area (Å²) in [4.78, 5) is 0. The van der Waals surface area contributed by atoms with E-state index in [1.165, 1.54) is 0 Å². The van der Waals surface area contributed by atoms with E-state index in [1.54, 1.807) is 0 Å². The molecule has 0 spiro atoms. The minimum atomic E-state index is -2.53. The fourth-order valence-corrected chi connectivity index (χ4v) is 14.9. The summed E-state index contributed by atoms with van der Waals surface area (Å²) in [5, 5.41) is 0. The number of hydrogen-bond acceptors (Lipinski definition) is 4. The third-order valence-corrected chi connectivity index (χ3v) is 13.7. The van der Waals surface area contributed by atoms with Crippen LogP contribution in [0.4, 0.5) is 0 Å². The van der Waals surface area contributed by atoms with Crippen LogP contribution in [0.15, 0.2) is 0 Å². The highest BCUT2D eigenvalue weighted by Gasteiger charge is 2.41. The highest BCUT2D eigenvalue weighted by Crippen LogP contribution is 2.19. The van der Waals surface area contributed by atoms with E-state index in [-0.39, 0.29) is 0 Å². The first kappa shape index (κ1) is 18.7. The molecule has 8 heteroatoms. The largest absolute Gasteiger partial charge is 0.478 e. The van der Waals surface area contributed by atoms with Gasteiger partial charge in [0.2, 0.25) is 0 Å². The van der Waals surface area contributed by atoms with Gasteiger partial charge in [0.15, 0.2) is 16.6 Å². The van der Waals surface area contributed by atoms with Gasteiger partial charge < -0.3 is 16.8 Å². The molecular weight excluding hydrogens is 296 g/mol. The summed E-state index contributed by atoms with van der Waals surface area (Å²) in [7, 11) is -7.41. The van der Waals surface area contributed by atoms with Crippen molar-refractivity contribution in [2.45, 2.75) is 59.3 Å². The van der Waals surface area contributed by atoms with Gasteiger partial charge in [0.05, 0.1) is 0 Å². The topological polar surface area (TPSA) is 36.9 Å². The van der Waals surface area contributed by atoms with Gasteiger partial charge in [-0.05, 0) is 52.8 Å². The lowest BCUT2D eigenvalue weighted by Gasteiger charge is -2.35. The van der Waals surface area contributed by atoms with Gasteiger partial charge in [-0.25, -0.2) is 0 Å². The van der Waals surface area contributed by atoms with Crippen molar-refractivity contribution in [1.29, 1.82) is 0 Å². The molecule has 0 aliphatic carbocycles. The van der Waals surface area contributed by atoms with E-state index in [1.807, 2.05) is 13.5 Å². The average molecular weight is 327 g/mol. The first-order chi connectivity index (χ1) is 7.87. The molecule has 0 heterocycles. The van der Waals surface area contributed by atoms with Gasteiger partial charge in [0, 0.05) is 13.2 Å². The Morgan fingerprint density at radius 3 is 1.67 bits per heavy atom. The molecular formula is C10H30O4Si4. The van der Waals surface area contributed by atoms with Crippen molar-refractivity contribution in [2.24, 2.45) is 0 Å². The standard InChI is InChI=1S/C10H30O4Si4/c1-10-11-18(9,14-17(6,7)8)13-15(2)12-16(3,4)5/h15H,10H2,1-9H3. The fourth-order valence-electron chi connectivity index (χ4n) is 1.73. The first-order valence-electron chi connectivity index (χ1n) is 6.57. The van der Waals surface area contributed by atoms with Crippen LogP contribution < -0.4 is 0 Å². The van der Waals surface area contributed by atoms with Gasteiger partial charge in [0.1, 0.15) is 0 Å². The van der Waals surface area contributed by atoms with Crippen LogP contribution in [0.25, 0.3) is 0 Å². The third-order valence-electron chi connectivity index (χ3n) is 1.80. The van der Waals surface area contributed by atoms with E-state index in [0.29, 0.717) is 6.61 Å². The fraction of sp³-hybridized carbons (Fsp3) is 1.00. The summed E-state index contributed by atoms with van der Waals surface area (Å²) < 4.78 is 24.1. The Hall–Kier alpha value is 0.708. The molecule has 0 bridgehead atoms. The molecule has 0 aromatic heterocycles. The minimum absolute atomic E-state index is 0.626. The monoisotopic (exact) mass is 326 g/mol. The van der Waals surface area contributed by atoms with Crippen molar-refractivity contribution in [3.8, 4) is 0 Å². The Kier molecular flexibility index (Phi) is 7.20. The van der Waals surface area contributed by atoms with E-state index in [4.69, 9.17) is 16.8 Å². The Morgan fingerprint density at radius 2 is 1.33 bits per heavy atom. The number of hydrogen-bond donors (Lipinski definition) is 0. The zero-order valence-electron chi connectivity index (χ0n) is 13.4. The Balaban J connectivity index is 4.60. The molecule has 4 nitrogen and oxygen atoms in total. The maximum atomic E-state index is 6.15. The van der Waals surface area contributed by atoms with Gasteiger partial charge in [-0.3, -0.25) is 0 Å². The molecule has 18 heavy (non-hydrogen) atoms. The summed E-state index contributed by atoms with van der Waals surface area (Å²) in [6.07, 6.45) is 0. The van der Waals surface area contributed by atoms with Crippen molar-refractivity contribution in [3.63, 3.8) is 0 Å². The third kappa shape index (κ3) is 9.61. The van der Waals surface area contributed by atoms with Gasteiger partial charge in [-0.2, -0.15) is 0 Å². The molecule has 0 aliphatic heterocycles. The molecule has 0 aromatic rings. The van der Waals surface area contributed by atoms with Gasteiger partial charge >= 0.3 is 18.1 Å². The second-order valence-electron chi connectivity index (χ2n) is 6.43. The van der Waals surface area contributed by atoms with Crippen molar-refractivity contribution >= 4 is 34.7 Å². The van der Waals surface area contributed by atoms with Gasteiger partial charge in [-0.15, -0.1) is 0 Å². The molecule has 0 radical (unpaired) electrons. The van der Waals surface area contributed by atoms with Crippen molar-refractivity contribution < 1.29 is 16.8 Å². The van der Waals surface area contributed by atoms with E-state index < -0.39 is 34.7 Å². The van der Waals surface area contributed by atoms with E-state index in [2.05, 4.69) is 45.8 Å². The zero-order valence-corrected chi connectivity index (χ0v) is 17.6. The molecule has 0 fully saturated rings. The Morgan fingerprint density at radius 1 is 0.833 bits per heavy atom. The van der Waals surface area contributed by atoms with Crippen molar-refractivity contribution in [2.75, 3.05) is 6.61 Å². The maximum absolute atomic E-state index is 6.15. The van der Waals surface area contributed by atoms with E-state index in [0.717, 1.165) is 0 Å². The highest BCUT2D eigenvalue weighted by atomic mass is 28.5. The van der Waals surface area contributed by atoms with Crippen LogP contribution in [0.1, 0.15) is 6.92 Å². The smallest absolute Gasteiger partial charge is 0.439 e. The molecule has 0 saturated carbocycles. The predicted octanol–water partition coefficient (Wildman–Crippen LogP) is 3.16. The first-order valence-corrected chi connectivity index (χ1v) is 17.7. The quantitative estimate of drug-likeness (QED) is 0.642. The highest BCUT2D eigenvalue weighted by molar-refractivity contribution is 6.83. The lowest BCUT2D eigenvalue weighted by Crippen LogP contribution is -2.54. The molecule has 0 rings (SSSR count). The van der Waals surface area contributed by atoms with E-state index >= 15 is 0 Å². The normalized spacial score (nSPS) is 18.5. The lowest BCUT2D eigenvalue weighted by atomic mass is 10.9. The van der Waals surface area contributed by atoms with Gasteiger partial charge in [0.25, 0.3) is 0 Å². The lowest BCUT2D eigenvalue weighted by molar-refractivity contribution is 0.170. The summed E-state index contributed by atoms with van der Waals surface area (Å²) in [5.74, 6) is 0. The molecule has 0 aliphatic rings. The molecule has 0 amide bonds. The maximum Gasteiger partial charge on any atom is 0.478 e. The van der Waals surface area contributed by atoms with Crippen LogP contribution in [0, 0.1) is 0 Å². The summed E-state index contributed by atoms with van der Waals surface area (Å²) in [6, 6.07) is 0. The summed E-state index contributed by atoms with van der Waals surface area (Å²) >= 11 is 0. The van der Waals surface area contributed by atoms with Crippen LogP contribution in [0.3, 0.4) is 0 Å². The van der Waals surface area contributed by atoms with E-state index in [9.17, 15) is 0 Å². The van der Waals surface area contributed by atoms with Crippen LogP contribution in [-0.4, -0.2) is 41.3 Å². The summed E-state index contributed by atoms with van der Waals surface area (Å²) in [5.41, 5.74) is 0. The molecule has 0 N–H and O–H groups in total. The number of rotatable bonds is 8. The van der Waals surface area contributed by atoms with Crippen LogP contribution in [0.2, 0.25) is 52.4 Å². The predicted molar refractivity (Wildman–Crippen MR) is 86.2 cm³/mol. The molecule has 110 valence electrons.